The Morgan fingerprint density at radius 2 is 1.57 bits per heavy atom. The summed E-state index contributed by atoms with van der Waals surface area (Å²) in [6, 6.07) is 21.1. The molecule has 3 N–H and O–H groups in total. The number of carbonyl (C=O) groups excluding carboxylic acids is 2. The number of likely N-dealkylation sites (N-methyl/N-ethyl adjacent to an activating group) is 1. The summed E-state index contributed by atoms with van der Waals surface area (Å²) in [7, 11) is 3.56. The molecule has 2 amide bonds. The summed E-state index contributed by atoms with van der Waals surface area (Å²) in [4.78, 5) is 38.6. The molecule has 1 aliphatic rings. The Labute approximate surface area is 203 Å². The van der Waals surface area contributed by atoms with Crippen molar-refractivity contribution in [1.82, 2.24) is 10.2 Å². The van der Waals surface area contributed by atoms with Crippen LogP contribution >= 0.6 is 0 Å². The molecule has 8 heteroatoms. The largest absolute Gasteiger partial charge is 0.478 e. The molecule has 0 radical (unpaired) electrons. The third-order valence-electron chi connectivity index (χ3n) is 5.88. The summed E-state index contributed by atoms with van der Waals surface area (Å²) in [5.74, 6) is -1.66. The van der Waals surface area contributed by atoms with Gasteiger partial charge in [0.05, 0.1) is 5.56 Å². The molecule has 0 unspecified atom stereocenters. The van der Waals surface area contributed by atoms with E-state index < -0.39 is 24.0 Å². The van der Waals surface area contributed by atoms with E-state index in [0.717, 1.165) is 22.3 Å². The summed E-state index contributed by atoms with van der Waals surface area (Å²) in [5, 5.41) is 14.5. The zero-order valence-electron chi connectivity index (χ0n) is 19.5. The Morgan fingerprint density at radius 3 is 2.17 bits per heavy atom. The van der Waals surface area contributed by atoms with Crippen LogP contribution in [0.25, 0.3) is 11.1 Å². The third-order valence-corrected chi connectivity index (χ3v) is 5.88. The first kappa shape index (κ1) is 24.0. The molecule has 180 valence electrons. The highest BCUT2D eigenvalue weighted by atomic mass is 16.5. The molecule has 35 heavy (non-hydrogen) atoms. The van der Waals surface area contributed by atoms with Crippen molar-refractivity contribution in [3.63, 3.8) is 0 Å². The van der Waals surface area contributed by atoms with Crippen LogP contribution in [-0.4, -0.2) is 61.3 Å². The third kappa shape index (κ3) is 5.50. The van der Waals surface area contributed by atoms with E-state index in [2.05, 4.69) is 22.8 Å². The van der Waals surface area contributed by atoms with Gasteiger partial charge in [-0.25, -0.2) is 9.59 Å². The minimum atomic E-state index is -1.09. The number of carboxylic acid groups (broad SMARTS) is 1. The topological polar surface area (TPSA) is 108 Å². The molecule has 1 aliphatic carbocycles. The van der Waals surface area contributed by atoms with Crippen LogP contribution in [0.2, 0.25) is 0 Å². The second-order valence-corrected chi connectivity index (χ2v) is 8.66. The zero-order valence-corrected chi connectivity index (χ0v) is 19.5. The Balaban J connectivity index is 1.42. The van der Waals surface area contributed by atoms with Gasteiger partial charge in [-0.3, -0.25) is 4.79 Å². The first-order valence-corrected chi connectivity index (χ1v) is 11.2. The zero-order chi connectivity index (χ0) is 24.9. The number of nitrogens with one attached hydrogen (secondary N) is 2. The van der Waals surface area contributed by atoms with Gasteiger partial charge in [0.15, 0.2) is 0 Å². The molecule has 0 fully saturated rings. The second kappa shape index (κ2) is 10.4. The number of aromatic carboxylic acids is 1. The van der Waals surface area contributed by atoms with E-state index in [1.54, 1.807) is 31.1 Å². The lowest BCUT2D eigenvalue weighted by molar-refractivity contribution is -0.118. The minimum absolute atomic E-state index is 0.0523. The summed E-state index contributed by atoms with van der Waals surface area (Å²) < 4.78 is 5.58. The van der Waals surface area contributed by atoms with Crippen LogP contribution in [0.1, 0.15) is 27.4 Å². The second-order valence-electron chi connectivity index (χ2n) is 8.66. The van der Waals surface area contributed by atoms with Crippen molar-refractivity contribution >= 4 is 23.7 Å². The number of fused-ring (bicyclic) bond motifs is 3. The van der Waals surface area contributed by atoms with Gasteiger partial charge in [0.1, 0.15) is 12.6 Å². The van der Waals surface area contributed by atoms with Crippen LogP contribution < -0.4 is 10.6 Å². The van der Waals surface area contributed by atoms with Crippen molar-refractivity contribution in [3.05, 3.63) is 89.5 Å². The number of anilines is 1. The summed E-state index contributed by atoms with van der Waals surface area (Å²) >= 11 is 0. The normalized spacial score (nSPS) is 13.0. The van der Waals surface area contributed by atoms with Gasteiger partial charge in [-0.2, -0.15) is 0 Å². The molecule has 0 spiro atoms. The molecule has 3 aromatic rings. The fourth-order valence-corrected chi connectivity index (χ4v) is 4.30. The number of rotatable bonds is 8. The fraction of sp³-hybridized carbons (Fsp3) is 0.222. The van der Waals surface area contributed by atoms with Crippen molar-refractivity contribution in [2.45, 2.75) is 12.0 Å². The smallest absolute Gasteiger partial charge is 0.407 e. The molecule has 0 saturated carbocycles. The molecule has 3 aromatic carbocycles. The summed E-state index contributed by atoms with van der Waals surface area (Å²) in [5.41, 5.74) is 4.84. The van der Waals surface area contributed by atoms with Gasteiger partial charge in [-0.15, -0.1) is 0 Å². The Kier molecular flexibility index (Phi) is 7.12. The van der Waals surface area contributed by atoms with Gasteiger partial charge < -0.3 is 25.4 Å². The van der Waals surface area contributed by atoms with E-state index in [-0.39, 0.29) is 24.6 Å². The monoisotopic (exact) mass is 473 g/mol. The first-order chi connectivity index (χ1) is 16.8. The number of alkyl carbamates (subject to hydrolysis) is 1. The summed E-state index contributed by atoms with van der Waals surface area (Å²) in [6.07, 6.45) is -0.701. The van der Waals surface area contributed by atoms with Gasteiger partial charge in [0.2, 0.25) is 5.91 Å². The maximum Gasteiger partial charge on any atom is 0.407 e. The van der Waals surface area contributed by atoms with E-state index >= 15 is 0 Å². The molecule has 8 nitrogen and oxygen atoms in total. The highest BCUT2D eigenvalue weighted by molar-refractivity contribution is 5.98. The van der Waals surface area contributed by atoms with Gasteiger partial charge in [-0.1, -0.05) is 54.6 Å². The first-order valence-electron chi connectivity index (χ1n) is 11.2. The highest BCUT2D eigenvalue weighted by Gasteiger charge is 2.30. The van der Waals surface area contributed by atoms with E-state index in [1.807, 2.05) is 36.4 Å². The van der Waals surface area contributed by atoms with E-state index in [0.29, 0.717) is 5.69 Å². The van der Waals surface area contributed by atoms with Gasteiger partial charge in [0.25, 0.3) is 0 Å². The molecule has 1 atom stereocenters. The number of amides is 2. The molecular weight excluding hydrogens is 446 g/mol. The van der Waals surface area contributed by atoms with Crippen LogP contribution in [0, 0.1) is 0 Å². The number of hydrogen-bond donors (Lipinski definition) is 3. The molecule has 0 aromatic heterocycles. The number of nitrogens with zero attached hydrogens (tertiary/aromatic N) is 1. The average molecular weight is 474 g/mol. The van der Waals surface area contributed by atoms with Crippen molar-refractivity contribution in [2.75, 3.05) is 32.6 Å². The summed E-state index contributed by atoms with van der Waals surface area (Å²) in [6.45, 7) is 0.367. The molecular formula is C27H27N3O5. The van der Waals surface area contributed by atoms with Gasteiger partial charge >= 0.3 is 12.1 Å². The van der Waals surface area contributed by atoms with Crippen molar-refractivity contribution < 1.29 is 24.2 Å². The van der Waals surface area contributed by atoms with E-state index in [1.165, 1.54) is 12.1 Å². The standard InChI is InChI=1S/C27H27N3O5/c1-30(2)15-24(25(31)28-18-9-7-8-17(14-18)26(32)33)29-27(34)35-16-23-21-12-5-3-10-19(21)20-11-4-6-13-22(20)23/h3-14,23-24H,15-16H2,1-2H3,(H,28,31)(H,29,34)(H,32,33)/t24-/m0/s1. The predicted molar refractivity (Wildman–Crippen MR) is 133 cm³/mol. The van der Waals surface area contributed by atoms with Crippen molar-refractivity contribution in [2.24, 2.45) is 0 Å². The van der Waals surface area contributed by atoms with Crippen LogP contribution in [0.3, 0.4) is 0 Å². The maximum atomic E-state index is 12.9. The predicted octanol–water partition coefficient (Wildman–Crippen LogP) is 3.79. The van der Waals surface area contributed by atoms with Crippen LogP contribution in [-0.2, 0) is 9.53 Å². The average Bonchev–Trinajstić information content (AvgIpc) is 3.16. The Bertz CT molecular complexity index is 1210. The van der Waals surface area contributed by atoms with Crippen molar-refractivity contribution in [3.8, 4) is 11.1 Å². The Hall–Kier alpha value is -4.17. The lowest BCUT2D eigenvalue weighted by Crippen LogP contribution is -2.49. The molecule has 0 bridgehead atoms. The quantitative estimate of drug-likeness (QED) is 0.459. The lowest BCUT2D eigenvalue weighted by atomic mass is 9.98. The maximum absolute atomic E-state index is 12.9. The minimum Gasteiger partial charge on any atom is -0.478 e. The van der Waals surface area contributed by atoms with Crippen LogP contribution in [0.15, 0.2) is 72.8 Å². The number of hydrogen-bond acceptors (Lipinski definition) is 5. The number of benzene rings is 3. The lowest BCUT2D eigenvalue weighted by Gasteiger charge is -2.22. The Morgan fingerprint density at radius 1 is 0.943 bits per heavy atom. The van der Waals surface area contributed by atoms with Crippen LogP contribution in [0.4, 0.5) is 10.5 Å². The van der Waals surface area contributed by atoms with Crippen molar-refractivity contribution in [1.29, 1.82) is 0 Å². The van der Waals surface area contributed by atoms with Crippen LogP contribution in [0.5, 0.6) is 0 Å². The van der Waals surface area contributed by atoms with E-state index in [9.17, 15) is 14.4 Å². The molecule has 0 aliphatic heterocycles. The van der Waals surface area contributed by atoms with Gasteiger partial charge in [-0.05, 0) is 54.5 Å². The van der Waals surface area contributed by atoms with E-state index in [4.69, 9.17) is 9.84 Å². The number of ether oxygens (including phenoxy) is 1. The molecule has 0 saturated heterocycles. The SMILES string of the molecule is CN(C)C[C@H](NC(=O)OCC1c2ccccc2-c2ccccc21)C(=O)Nc1cccc(C(=O)O)c1. The number of carbonyl (C=O) groups is 3. The molecule has 0 heterocycles. The van der Waals surface area contributed by atoms with Gasteiger partial charge in [0, 0.05) is 18.2 Å². The fourth-order valence-electron chi connectivity index (χ4n) is 4.30. The highest BCUT2D eigenvalue weighted by Crippen LogP contribution is 2.44. The number of carboxylic acids is 1. The molecule has 4 rings (SSSR count).